The van der Waals surface area contributed by atoms with Gasteiger partial charge in [-0.3, -0.25) is 9.69 Å². The highest BCUT2D eigenvalue weighted by molar-refractivity contribution is 5.90. The summed E-state index contributed by atoms with van der Waals surface area (Å²) in [5.41, 5.74) is 2.66. The number of cyclic esters (lactones) is 1. The van der Waals surface area contributed by atoms with Crippen LogP contribution in [0.1, 0.15) is 6.92 Å². The number of hydrogen-bond acceptors (Lipinski definition) is 4. The Morgan fingerprint density at radius 3 is 2.62 bits per heavy atom. The largest absolute Gasteiger partial charge is 0.442 e. The Hall–Kier alpha value is -4.27. The molecular weight excluding hydrogens is 442 g/mol. The molecule has 0 spiro atoms. The summed E-state index contributed by atoms with van der Waals surface area (Å²) in [5.74, 6) is -0.985. The fraction of sp³-hybridized carbons (Fsp3) is 0.160. The molecule has 0 saturated carbocycles. The van der Waals surface area contributed by atoms with Crippen molar-refractivity contribution < 1.29 is 23.1 Å². The lowest BCUT2D eigenvalue weighted by Crippen LogP contribution is -2.33. The quantitative estimate of drug-likeness (QED) is 0.453. The van der Waals surface area contributed by atoms with Crippen LogP contribution < -0.4 is 10.2 Å². The van der Waals surface area contributed by atoms with Gasteiger partial charge in [0.15, 0.2) is 0 Å². The number of carbonyl (C=O) groups is 2. The first kappa shape index (κ1) is 21.6. The number of para-hydroxylation sites is 2. The highest BCUT2D eigenvalue weighted by Gasteiger charge is 2.32. The van der Waals surface area contributed by atoms with Crippen LogP contribution in [0.25, 0.3) is 33.5 Å². The van der Waals surface area contributed by atoms with Crippen molar-refractivity contribution in [3.05, 3.63) is 72.3 Å². The van der Waals surface area contributed by atoms with Crippen LogP contribution in [0, 0.1) is 11.6 Å². The van der Waals surface area contributed by atoms with E-state index in [1.807, 2.05) is 24.3 Å². The van der Waals surface area contributed by atoms with Crippen LogP contribution in [0.2, 0.25) is 0 Å². The van der Waals surface area contributed by atoms with Gasteiger partial charge in [-0.2, -0.15) is 0 Å². The normalized spacial score (nSPS) is 15.6. The van der Waals surface area contributed by atoms with E-state index < -0.39 is 23.8 Å². The Morgan fingerprint density at radius 1 is 1.12 bits per heavy atom. The van der Waals surface area contributed by atoms with Crippen molar-refractivity contribution in [2.24, 2.45) is 0 Å². The number of H-pyrrole nitrogens is 1. The molecule has 2 heterocycles. The number of nitrogens with one attached hydrogen (secondary N) is 2. The second-order valence-electron chi connectivity index (χ2n) is 8.01. The molecule has 4 aromatic rings. The van der Waals surface area contributed by atoms with E-state index in [0.29, 0.717) is 17.1 Å². The summed E-state index contributed by atoms with van der Waals surface area (Å²) in [6, 6.07) is 16.1. The molecule has 34 heavy (non-hydrogen) atoms. The minimum Gasteiger partial charge on any atom is -0.442 e. The molecule has 1 atom stereocenters. The second kappa shape index (κ2) is 8.58. The third-order valence-corrected chi connectivity index (χ3v) is 5.64. The van der Waals surface area contributed by atoms with Crippen LogP contribution in [-0.2, 0) is 9.53 Å². The SMILES string of the molecule is CC(=O)NC[C@H]1CN(c2ccc(-c3ccc(-c4nc5ccccc5[nH]4)c(F)c3)c(F)c2)C(=O)O1. The van der Waals surface area contributed by atoms with Gasteiger partial charge in [0.2, 0.25) is 5.91 Å². The number of carbonyl (C=O) groups excluding carboxylic acids is 2. The molecule has 7 nitrogen and oxygen atoms in total. The van der Waals surface area contributed by atoms with Gasteiger partial charge in [-0.25, -0.2) is 18.6 Å². The molecule has 1 fully saturated rings. The predicted octanol–water partition coefficient (Wildman–Crippen LogP) is 4.64. The summed E-state index contributed by atoms with van der Waals surface area (Å²) in [4.78, 5) is 32.1. The molecule has 1 aliphatic rings. The van der Waals surface area contributed by atoms with Crippen molar-refractivity contribution in [2.45, 2.75) is 13.0 Å². The first-order valence-corrected chi connectivity index (χ1v) is 10.7. The molecule has 0 radical (unpaired) electrons. The third-order valence-electron chi connectivity index (χ3n) is 5.64. The first-order chi connectivity index (χ1) is 16.4. The average Bonchev–Trinajstić information content (AvgIpc) is 3.40. The van der Waals surface area contributed by atoms with Crippen LogP contribution in [0.3, 0.4) is 0 Å². The second-order valence-corrected chi connectivity index (χ2v) is 8.01. The standard InChI is InChI=1S/C25H20F2N4O3/c1-14(32)28-12-17-13-31(25(33)34-17)16-7-9-18(21(27)11-16)15-6-8-19(20(26)10-15)24-29-22-4-2-3-5-23(22)30-24/h2-11,17H,12-13H2,1H3,(H,28,32)(H,29,30)/t17-/m0/s1. The molecule has 0 aliphatic carbocycles. The number of ether oxygens (including phenoxy) is 1. The Balaban J connectivity index is 1.38. The molecule has 5 rings (SSSR count). The monoisotopic (exact) mass is 462 g/mol. The molecule has 172 valence electrons. The maximum atomic E-state index is 15.0. The molecule has 0 unspecified atom stereocenters. The van der Waals surface area contributed by atoms with E-state index in [-0.39, 0.29) is 30.1 Å². The van der Waals surface area contributed by atoms with E-state index in [0.717, 1.165) is 11.0 Å². The number of benzene rings is 3. The number of nitrogens with zero attached hydrogens (tertiary/aromatic N) is 2. The number of amides is 2. The summed E-state index contributed by atoms with van der Waals surface area (Å²) in [6.07, 6.45) is -1.15. The number of aromatic nitrogens is 2. The van der Waals surface area contributed by atoms with E-state index in [4.69, 9.17) is 4.74 Å². The van der Waals surface area contributed by atoms with Crippen molar-refractivity contribution in [1.82, 2.24) is 15.3 Å². The lowest BCUT2D eigenvalue weighted by molar-refractivity contribution is -0.119. The lowest BCUT2D eigenvalue weighted by atomic mass is 10.0. The maximum absolute atomic E-state index is 15.0. The molecule has 3 aromatic carbocycles. The molecule has 1 aliphatic heterocycles. The number of halogens is 2. The summed E-state index contributed by atoms with van der Waals surface area (Å²) >= 11 is 0. The summed E-state index contributed by atoms with van der Waals surface area (Å²) in [5, 5.41) is 2.59. The molecule has 2 N–H and O–H groups in total. The molecule has 9 heteroatoms. The Kier molecular flexibility index (Phi) is 5.45. The minimum absolute atomic E-state index is 0.176. The van der Waals surface area contributed by atoms with E-state index in [1.165, 1.54) is 30.0 Å². The summed E-state index contributed by atoms with van der Waals surface area (Å²) in [7, 11) is 0. The first-order valence-electron chi connectivity index (χ1n) is 10.7. The van der Waals surface area contributed by atoms with Crippen molar-refractivity contribution >= 4 is 28.7 Å². The van der Waals surface area contributed by atoms with Crippen molar-refractivity contribution in [3.8, 4) is 22.5 Å². The van der Waals surface area contributed by atoms with Gasteiger partial charge in [-0.15, -0.1) is 0 Å². The zero-order valence-corrected chi connectivity index (χ0v) is 18.1. The zero-order chi connectivity index (χ0) is 23.8. The molecule has 2 amide bonds. The molecule has 1 saturated heterocycles. The molecular formula is C25H20F2N4O3. The van der Waals surface area contributed by atoms with E-state index in [9.17, 15) is 18.4 Å². The van der Waals surface area contributed by atoms with Gasteiger partial charge >= 0.3 is 6.09 Å². The van der Waals surface area contributed by atoms with E-state index in [2.05, 4.69) is 15.3 Å². The van der Waals surface area contributed by atoms with E-state index >= 15 is 0 Å². The fourth-order valence-corrected chi connectivity index (χ4v) is 3.96. The number of imidazole rings is 1. The number of hydrogen-bond donors (Lipinski definition) is 2. The predicted molar refractivity (Wildman–Crippen MR) is 123 cm³/mol. The number of aromatic amines is 1. The van der Waals surface area contributed by atoms with Crippen LogP contribution in [0.15, 0.2) is 60.7 Å². The topological polar surface area (TPSA) is 87.3 Å². The van der Waals surface area contributed by atoms with Crippen LogP contribution in [0.5, 0.6) is 0 Å². The van der Waals surface area contributed by atoms with Crippen LogP contribution in [-0.4, -0.2) is 41.2 Å². The van der Waals surface area contributed by atoms with Gasteiger partial charge in [0.25, 0.3) is 0 Å². The van der Waals surface area contributed by atoms with E-state index in [1.54, 1.807) is 18.2 Å². The minimum atomic E-state index is -0.622. The van der Waals surface area contributed by atoms with Gasteiger partial charge in [0.05, 0.1) is 35.4 Å². The third kappa shape index (κ3) is 4.07. The van der Waals surface area contributed by atoms with Gasteiger partial charge in [0, 0.05) is 12.5 Å². The van der Waals surface area contributed by atoms with Gasteiger partial charge in [0.1, 0.15) is 23.6 Å². The van der Waals surface area contributed by atoms with Gasteiger partial charge < -0.3 is 15.0 Å². The average molecular weight is 462 g/mol. The Labute approximate surface area is 193 Å². The maximum Gasteiger partial charge on any atom is 0.414 e. The zero-order valence-electron chi connectivity index (χ0n) is 18.1. The smallest absolute Gasteiger partial charge is 0.414 e. The van der Waals surface area contributed by atoms with Crippen molar-refractivity contribution in [2.75, 3.05) is 18.0 Å². The number of fused-ring (bicyclic) bond motifs is 1. The molecule has 0 bridgehead atoms. The summed E-state index contributed by atoms with van der Waals surface area (Å²) in [6.45, 7) is 1.72. The number of anilines is 1. The fourth-order valence-electron chi connectivity index (χ4n) is 3.96. The highest BCUT2D eigenvalue weighted by atomic mass is 19.1. The molecule has 1 aromatic heterocycles. The van der Waals surface area contributed by atoms with Crippen LogP contribution >= 0.6 is 0 Å². The highest BCUT2D eigenvalue weighted by Crippen LogP contribution is 2.32. The van der Waals surface area contributed by atoms with Crippen molar-refractivity contribution in [1.29, 1.82) is 0 Å². The van der Waals surface area contributed by atoms with Crippen molar-refractivity contribution in [3.63, 3.8) is 0 Å². The Morgan fingerprint density at radius 2 is 1.88 bits per heavy atom. The van der Waals surface area contributed by atoms with Crippen LogP contribution in [0.4, 0.5) is 19.3 Å². The lowest BCUT2D eigenvalue weighted by Gasteiger charge is -2.15. The Bertz CT molecular complexity index is 1390. The van der Waals surface area contributed by atoms with Gasteiger partial charge in [-0.1, -0.05) is 18.2 Å². The van der Waals surface area contributed by atoms with Gasteiger partial charge in [-0.05, 0) is 48.0 Å². The summed E-state index contributed by atoms with van der Waals surface area (Å²) < 4.78 is 35.2. The number of rotatable bonds is 5.